The molecule has 2 rings (SSSR count). The lowest BCUT2D eigenvalue weighted by Crippen LogP contribution is -2.17. The average molecular weight is 309 g/mol. The summed E-state index contributed by atoms with van der Waals surface area (Å²) in [6, 6.07) is 10.5. The predicted molar refractivity (Wildman–Crippen MR) is 82.0 cm³/mol. The highest BCUT2D eigenvalue weighted by molar-refractivity contribution is 7.17. The first-order valence-corrected chi connectivity index (χ1v) is 7.20. The van der Waals surface area contributed by atoms with Crippen LogP contribution in [0, 0.1) is 0 Å². The minimum Gasteiger partial charge on any atom is -0.494 e. The van der Waals surface area contributed by atoms with Gasteiger partial charge in [0.2, 0.25) is 0 Å². The molecule has 104 valence electrons. The topological polar surface area (TPSA) is 50.7 Å². The van der Waals surface area contributed by atoms with Crippen LogP contribution in [0.4, 0.5) is 0 Å². The molecule has 1 aromatic carbocycles. The summed E-state index contributed by atoms with van der Waals surface area (Å²) in [6.45, 7) is 2.51. The molecule has 0 aliphatic carbocycles. The summed E-state index contributed by atoms with van der Waals surface area (Å²) in [6.07, 6.45) is 1.56. The first-order chi connectivity index (χ1) is 9.69. The van der Waals surface area contributed by atoms with E-state index in [1.807, 2.05) is 13.0 Å². The molecule has 0 saturated carbocycles. The third kappa shape index (κ3) is 4.08. The fourth-order valence-corrected chi connectivity index (χ4v) is 2.42. The maximum Gasteiger partial charge on any atom is 0.271 e. The van der Waals surface area contributed by atoms with Crippen molar-refractivity contribution in [2.75, 3.05) is 6.61 Å². The fraction of sp³-hybridized carbons (Fsp3) is 0.143. The molecule has 2 aromatic rings. The number of carbonyl (C=O) groups excluding carboxylic acids is 1. The minimum absolute atomic E-state index is 0.271. The number of halogens is 1. The van der Waals surface area contributed by atoms with Gasteiger partial charge in [0.25, 0.3) is 5.91 Å². The summed E-state index contributed by atoms with van der Waals surface area (Å²) >= 11 is 7.19. The Morgan fingerprint density at radius 3 is 2.70 bits per heavy atom. The van der Waals surface area contributed by atoms with Crippen molar-refractivity contribution in [3.63, 3.8) is 0 Å². The lowest BCUT2D eigenvalue weighted by molar-refractivity contribution is 0.0955. The highest BCUT2D eigenvalue weighted by atomic mass is 35.5. The molecular weight excluding hydrogens is 296 g/mol. The Morgan fingerprint density at radius 1 is 1.35 bits per heavy atom. The van der Waals surface area contributed by atoms with E-state index in [-0.39, 0.29) is 5.91 Å². The molecule has 1 heterocycles. The Morgan fingerprint density at radius 2 is 2.10 bits per heavy atom. The highest BCUT2D eigenvalue weighted by Gasteiger charge is 2.04. The van der Waals surface area contributed by atoms with Crippen LogP contribution in [0.25, 0.3) is 0 Å². The van der Waals surface area contributed by atoms with E-state index < -0.39 is 0 Å². The van der Waals surface area contributed by atoms with Crippen LogP contribution in [-0.2, 0) is 0 Å². The molecule has 0 radical (unpaired) electrons. The van der Waals surface area contributed by atoms with Gasteiger partial charge in [-0.05, 0) is 43.3 Å². The number of nitrogens with one attached hydrogen (secondary N) is 1. The second kappa shape index (κ2) is 7.07. The largest absolute Gasteiger partial charge is 0.494 e. The smallest absolute Gasteiger partial charge is 0.271 e. The number of hydrogen-bond acceptors (Lipinski definition) is 4. The van der Waals surface area contributed by atoms with Crippen LogP contribution in [0.3, 0.4) is 0 Å². The molecule has 0 aliphatic heterocycles. The van der Waals surface area contributed by atoms with Gasteiger partial charge in [0.15, 0.2) is 0 Å². The Labute approximate surface area is 126 Å². The van der Waals surface area contributed by atoms with E-state index in [1.165, 1.54) is 11.3 Å². The third-order valence-electron chi connectivity index (χ3n) is 2.38. The van der Waals surface area contributed by atoms with Crippen LogP contribution < -0.4 is 10.2 Å². The van der Waals surface area contributed by atoms with E-state index in [0.29, 0.717) is 16.5 Å². The molecule has 0 spiro atoms. The van der Waals surface area contributed by atoms with Crippen LogP contribution in [-0.4, -0.2) is 18.7 Å². The zero-order valence-corrected chi connectivity index (χ0v) is 12.4. The Balaban J connectivity index is 1.92. The molecule has 0 fully saturated rings. The molecule has 1 N–H and O–H groups in total. The number of nitrogens with zero attached hydrogens (tertiary/aromatic N) is 1. The van der Waals surface area contributed by atoms with Crippen LogP contribution in [0.5, 0.6) is 5.75 Å². The highest BCUT2D eigenvalue weighted by Crippen LogP contribution is 2.19. The van der Waals surface area contributed by atoms with Gasteiger partial charge in [0.05, 0.1) is 17.2 Å². The lowest BCUT2D eigenvalue weighted by Gasteiger charge is -2.03. The van der Waals surface area contributed by atoms with Crippen LogP contribution in [0.2, 0.25) is 4.34 Å². The molecule has 0 saturated heterocycles. The van der Waals surface area contributed by atoms with Crippen LogP contribution >= 0.6 is 22.9 Å². The summed E-state index contributed by atoms with van der Waals surface area (Å²) in [7, 11) is 0. The number of thiophene rings is 1. The van der Waals surface area contributed by atoms with Crippen LogP contribution in [0.1, 0.15) is 22.2 Å². The standard InChI is InChI=1S/C14H13ClN2O2S/c1-2-19-11-5-3-10(4-6-11)14(18)17-16-9-12-7-8-13(15)20-12/h3-9H,2H2,1H3,(H,17,18)/b16-9+. The first-order valence-electron chi connectivity index (χ1n) is 6.00. The second-order valence-electron chi connectivity index (χ2n) is 3.80. The Hall–Kier alpha value is -1.85. The number of amides is 1. The van der Waals surface area contributed by atoms with E-state index in [9.17, 15) is 4.79 Å². The number of benzene rings is 1. The summed E-state index contributed by atoms with van der Waals surface area (Å²) < 4.78 is 5.99. The van der Waals surface area contributed by atoms with Gasteiger partial charge in [-0.25, -0.2) is 5.43 Å². The molecule has 1 amide bonds. The molecule has 1 aromatic heterocycles. The molecule has 6 heteroatoms. The predicted octanol–water partition coefficient (Wildman–Crippen LogP) is 3.56. The number of hydrogen-bond donors (Lipinski definition) is 1. The van der Waals surface area contributed by atoms with Crippen molar-refractivity contribution in [3.05, 3.63) is 51.2 Å². The van der Waals surface area contributed by atoms with E-state index in [4.69, 9.17) is 16.3 Å². The van der Waals surface area contributed by atoms with Gasteiger partial charge in [0, 0.05) is 10.4 Å². The molecular formula is C14H13ClN2O2S. The van der Waals surface area contributed by atoms with Gasteiger partial charge in [-0.2, -0.15) is 5.10 Å². The third-order valence-corrected chi connectivity index (χ3v) is 3.55. The number of hydrazone groups is 1. The van der Waals surface area contributed by atoms with Crippen molar-refractivity contribution in [3.8, 4) is 5.75 Å². The van der Waals surface area contributed by atoms with Crippen LogP contribution in [0.15, 0.2) is 41.5 Å². The van der Waals surface area contributed by atoms with Crippen molar-refractivity contribution in [1.29, 1.82) is 0 Å². The van der Waals surface area contributed by atoms with Gasteiger partial charge in [-0.1, -0.05) is 11.6 Å². The zero-order chi connectivity index (χ0) is 14.4. The second-order valence-corrected chi connectivity index (χ2v) is 5.55. The van der Waals surface area contributed by atoms with E-state index in [2.05, 4.69) is 10.5 Å². The van der Waals surface area contributed by atoms with E-state index in [0.717, 1.165) is 10.6 Å². The molecule has 0 aliphatic rings. The van der Waals surface area contributed by atoms with Crippen molar-refractivity contribution < 1.29 is 9.53 Å². The fourth-order valence-electron chi connectivity index (χ4n) is 1.49. The van der Waals surface area contributed by atoms with Gasteiger partial charge >= 0.3 is 0 Å². The summed E-state index contributed by atoms with van der Waals surface area (Å²) in [5.41, 5.74) is 2.98. The van der Waals surface area contributed by atoms with Gasteiger partial charge in [0.1, 0.15) is 5.75 Å². The first kappa shape index (κ1) is 14.6. The average Bonchev–Trinajstić information content (AvgIpc) is 2.85. The molecule has 0 bridgehead atoms. The lowest BCUT2D eigenvalue weighted by atomic mass is 10.2. The van der Waals surface area contributed by atoms with Gasteiger partial charge in [-0.3, -0.25) is 4.79 Å². The van der Waals surface area contributed by atoms with E-state index >= 15 is 0 Å². The van der Waals surface area contributed by atoms with Gasteiger partial charge in [-0.15, -0.1) is 11.3 Å². The van der Waals surface area contributed by atoms with Crippen molar-refractivity contribution in [2.45, 2.75) is 6.92 Å². The molecule has 0 atom stereocenters. The zero-order valence-electron chi connectivity index (χ0n) is 10.8. The monoisotopic (exact) mass is 308 g/mol. The Kier molecular flexibility index (Phi) is 5.15. The number of carbonyl (C=O) groups is 1. The quantitative estimate of drug-likeness (QED) is 0.678. The van der Waals surface area contributed by atoms with Crippen molar-refractivity contribution in [1.82, 2.24) is 5.43 Å². The van der Waals surface area contributed by atoms with Crippen molar-refractivity contribution >= 4 is 35.1 Å². The maximum absolute atomic E-state index is 11.8. The summed E-state index contributed by atoms with van der Waals surface area (Å²) in [5, 5.41) is 3.89. The molecule has 0 unspecified atom stereocenters. The SMILES string of the molecule is CCOc1ccc(C(=O)N/N=C/c2ccc(Cl)s2)cc1. The summed E-state index contributed by atoms with van der Waals surface area (Å²) in [4.78, 5) is 12.7. The van der Waals surface area contributed by atoms with Gasteiger partial charge < -0.3 is 4.74 Å². The molecule has 4 nitrogen and oxygen atoms in total. The van der Waals surface area contributed by atoms with Crippen molar-refractivity contribution in [2.24, 2.45) is 5.10 Å². The number of rotatable bonds is 5. The Bertz CT molecular complexity index is 608. The summed E-state index contributed by atoms with van der Waals surface area (Å²) in [5.74, 6) is 0.465. The normalized spacial score (nSPS) is 10.7. The van der Waals surface area contributed by atoms with E-state index in [1.54, 1.807) is 36.5 Å². The maximum atomic E-state index is 11.8. The molecule has 20 heavy (non-hydrogen) atoms. The minimum atomic E-state index is -0.271. The number of ether oxygens (including phenoxy) is 1.